The second kappa shape index (κ2) is 7.88. The fraction of sp³-hybridized carbons (Fsp3) is 0.714. The number of hydrogen-bond donors (Lipinski definition) is 1. The van der Waals surface area contributed by atoms with Crippen molar-refractivity contribution in [3.63, 3.8) is 0 Å². The first-order valence-electron chi connectivity index (χ1n) is 10.1. The van der Waals surface area contributed by atoms with Gasteiger partial charge in [-0.25, -0.2) is 0 Å². The minimum Gasteiger partial charge on any atom is -0.493 e. The lowest BCUT2D eigenvalue weighted by atomic mass is 9.99. The molecule has 4 rings (SSSR count). The first-order valence-corrected chi connectivity index (χ1v) is 10.1. The maximum absolute atomic E-state index is 6.14. The number of nitrogens with zero attached hydrogens (tertiary/aromatic N) is 1. The number of piperidine rings is 1. The van der Waals surface area contributed by atoms with Crippen LogP contribution in [0.2, 0.25) is 0 Å². The topological polar surface area (TPSA) is 24.5 Å². The van der Waals surface area contributed by atoms with Crippen LogP contribution in [0.3, 0.4) is 0 Å². The maximum atomic E-state index is 6.14. The number of rotatable bonds is 4. The third kappa shape index (κ3) is 3.94. The van der Waals surface area contributed by atoms with Crippen molar-refractivity contribution in [3.8, 4) is 5.75 Å². The molecule has 24 heavy (non-hydrogen) atoms. The highest BCUT2D eigenvalue weighted by atomic mass is 16.5. The smallest absolute Gasteiger partial charge is 0.119 e. The Hall–Kier alpha value is -1.06. The number of fused-ring (bicyclic) bond motifs is 1. The lowest BCUT2D eigenvalue weighted by Crippen LogP contribution is -2.35. The van der Waals surface area contributed by atoms with Crippen LogP contribution in [0.15, 0.2) is 18.2 Å². The van der Waals surface area contributed by atoms with E-state index >= 15 is 0 Å². The van der Waals surface area contributed by atoms with E-state index in [1.54, 1.807) is 5.56 Å². The van der Waals surface area contributed by atoms with Gasteiger partial charge in [0.15, 0.2) is 0 Å². The molecule has 3 heteroatoms. The molecule has 3 nitrogen and oxygen atoms in total. The largest absolute Gasteiger partial charge is 0.493 e. The second-order valence-corrected chi connectivity index (χ2v) is 7.91. The predicted molar refractivity (Wildman–Crippen MR) is 98.8 cm³/mol. The van der Waals surface area contributed by atoms with Gasteiger partial charge in [-0.15, -0.1) is 0 Å². The Kier molecular flexibility index (Phi) is 5.39. The van der Waals surface area contributed by atoms with Crippen molar-refractivity contribution in [2.45, 2.75) is 57.4 Å². The van der Waals surface area contributed by atoms with Gasteiger partial charge in [0.25, 0.3) is 0 Å². The molecule has 0 aromatic heterocycles. The molecule has 0 atom stereocenters. The van der Waals surface area contributed by atoms with E-state index in [2.05, 4.69) is 28.4 Å². The van der Waals surface area contributed by atoms with Gasteiger partial charge in [-0.05, 0) is 80.8 Å². The average molecular weight is 329 g/mol. The van der Waals surface area contributed by atoms with Crippen LogP contribution in [0, 0.1) is 5.92 Å². The van der Waals surface area contributed by atoms with Gasteiger partial charge >= 0.3 is 0 Å². The van der Waals surface area contributed by atoms with Crippen molar-refractivity contribution in [2.75, 3.05) is 32.8 Å². The Balaban J connectivity index is 1.35. The molecule has 1 saturated carbocycles. The summed E-state index contributed by atoms with van der Waals surface area (Å²) < 4.78 is 6.14. The molecule has 0 spiro atoms. The normalized spacial score (nSPS) is 23.8. The molecule has 0 radical (unpaired) electrons. The van der Waals surface area contributed by atoms with Crippen LogP contribution in [0.4, 0.5) is 0 Å². The van der Waals surface area contributed by atoms with Crippen LogP contribution in [0.25, 0.3) is 0 Å². The quantitative estimate of drug-likeness (QED) is 0.917. The molecule has 0 unspecified atom stereocenters. The highest BCUT2D eigenvalue weighted by Crippen LogP contribution is 2.28. The second-order valence-electron chi connectivity index (χ2n) is 7.91. The molecule has 3 aliphatic rings. The fourth-order valence-electron chi connectivity index (χ4n) is 4.71. The van der Waals surface area contributed by atoms with Gasteiger partial charge in [-0.2, -0.15) is 0 Å². The van der Waals surface area contributed by atoms with E-state index in [0.717, 1.165) is 37.4 Å². The van der Waals surface area contributed by atoms with E-state index in [1.165, 1.54) is 70.0 Å². The summed E-state index contributed by atoms with van der Waals surface area (Å²) in [4.78, 5) is 2.75. The molecule has 0 bridgehead atoms. The summed E-state index contributed by atoms with van der Waals surface area (Å²) in [5.74, 6) is 1.81. The van der Waals surface area contributed by atoms with E-state index in [9.17, 15) is 0 Å². The first kappa shape index (κ1) is 16.4. The van der Waals surface area contributed by atoms with Crippen molar-refractivity contribution < 1.29 is 4.74 Å². The Morgan fingerprint density at radius 2 is 1.71 bits per heavy atom. The minimum absolute atomic E-state index is 0.725. The average Bonchev–Trinajstić information content (AvgIpc) is 3.08. The lowest BCUT2D eigenvalue weighted by Gasteiger charge is -2.26. The molecule has 2 heterocycles. The maximum Gasteiger partial charge on any atom is 0.119 e. The summed E-state index contributed by atoms with van der Waals surface area (Å²) in [6, 6.07) is 7.71. The molecule has 132 valence electrons. The van der Waals surface area contributed by atoms with Crippen LogP contribution in [0.5, 0.6) is 5.75 Å². The van der Waals surface area contributed by atoms with Crippen LogP contribution in [-0.2, 0) is 12.8 Å². The van der Waals surface area contributed by atoms with Crippen molar-refractivity contribution in [1.29, 1.82) is 0 Å². The third-order valence-corrected chi connectivity index (χ3v) is 6.30. The van der Waals surface area contributed by atoms with Crippen LogP contribution < -0.4 is 10.1 Å². The number of benzene rings is 1. The summed E-state index contributed by atoms with van der Waals surface area (Å²) >= 11 is 0. The Morgan fingerprint density at radius 1 is 0.958 bits per heavy atom. The summed E-state index contributed by atoms with van der Waals surface area (Å²) in [5.41, 5.74) is 3.07. The van der Waals surface area contributed by atoms with E-state index in [4.69, 9.17) is 4.74 Å². The van der Waals surface area contributed by atoms with E-state index in [0.29, 0.717) is 0 Å². The molecule has 2 fully saturated rings. The lowest BCUT2D eigenvalue weighted by molar-refractivity contribution is 0.208. The number of nitrogens with one attached hydrogen (secondary N) is 1. The van der Waals surface area contributed by atoms with Crippen molar-refractivity contribution in [3.05, 3.63) is 29.3 Å². The van der Waals surface area contributed by atoms with Crippen molar-refractivity contribution in [2.24, 2.45) is 5.92 Å². The standard InChI is InChI=1S/C21H32N2O/c1-2-4-20(3-1)23-13-9-18-5-6-21(15-19(18)10-14-23)24-16-17-7-11-22-12-8-17/h5-6,15,17,20,22H,1-4,7-14,16H2. The SMILES string of the molecule is c1cc2c(cc1OCC1CCNCC1)CCN(C1CCCC1)CC2. The molecular weight excluding hydrogens is 296 g/mol. The fourth-order valence-corrected chi connectivity index (χ4v) is 4.71. The molecule has 1 saturated heterocycles. The Labute approximate surface area is 146 Å². The predicted octanol–water partition coefficient (Wildman–Crippen LogP) is 3.41. The summed E-state index contributed by atoms with van der Waals surface area (Å²) in [6.45, 7) is 5.65. The Morgan fingerprint density at radius 3 is 2.50 bits per heavy atom. The van der Waals surface area contributed by atoms with Gasteiger partial charge in [0.2, 0.25) is 0 Å². The number of hydrogen-bond acceptors (Lipinski definition) is 3. The molecule has 0 amide bonds. The van der Waals surface area contributed by atoms with Gasteiger partial charge in [-0.3, -0.25) is 4.90 Å². The van der Waals surface area contributed by atoms with Crippen LogP contribution in [0.1, 0.15) is 49.7 Å². The molecule has 2 aliphatic heterocycles. The van der Waals surface area contributed by atoms with Gasteiger partial charge in [0, 0.05) is 19.1 Å². The molecular formula is C21H32N2O. The zero-order valence-electron chi connectivity index (χ0n) is 14.9. The van der Waals surface area contributed by atoms with Gasteiger partial charge in [-0.1, -0.05) is 18.9 Å². The molecule has 1 aliphatic carbocycles. The third-order valence-electron chi connectivity index (χ3n) is 6.30. The summed E-state index contributed by atoms with van der Waals surface area (Å²) in [5, 5.41) is 3.43. The van der Waals surface area contributed by atoms with E-state index in [-0.39, 0.29) is 0 Å². The number of ether oxygens (including phenoxy) is 1. The zero-order valence-corrected chi connectivity index (χ0v) is 14.9. The molecule has 1 aromatic rings. The minimum atomic E-state index is 0.725. The highest BCUT2D eigenvalue weighted by Gasteiger charge is 2.24. The van der Waals surface area contributed by atoms with E-state index < -0.39 is 0 Å². The van der Waals surface area contributed by atoms with Crippen LogP contribution >= 0.6 is 0 Å². The monoisotopic (exact) mass is 328 g/mol. The summed E-state index contributed by atoms with van der Waals surface area (Å²) in [7, 11) is 0. The highest BCUT2D eigenvalue weighted by molar-refractivity contribution is 5.37. The van der Waals surface area contributed by atoms with Crippen molar-refractivity contribution >= 4 is 0 Å². The zero-order chi connectivity index (χ0) is 16.2. The van der Waals surface area contributed by atoms with Gasteiger partial charge in [0.1, 0.15) is 5.75 Å². The van der Waals surface area contributed by atoms with Gasteiger partial charge in [0.05, 0.1) is 6.61 Å². The van der Waals surface area contributed by atoms with Crippen LogP contribution in [-0.4, -0.2) is 43.7 Å². The first-order chi connectivity index (χ1) is 11.9. The van der Waals surface area contributed by atoms with Gasteiger partial charge < -0.3 is 10.1 Å². The molecule has 1 aromatic carbocycles. The van der Waals surface area contributed by atoms with Crippen molar-refractivity contribution in [1.82, 2.24) is 10.2 Å². The summed E-state index contributed by atoms with van der Waals surface area (Å²) in [6.07, 6.45) is 10.6. The van der Waals surface area contributed by atoms with E-state index in [1.807, 2.05) is 0 Å². The Bertz CT molecular complexity index is 533. The molecule has 1 N–H and O–H groups in total.